The van der Waals surface area contributed by atoms with Gasteiger partial charge in [0, 0.05) is 13.2 Å². The molecular weight excluding hydrogens is 258 g/mol. The van der Waals surface area contributed by atoms with E-state index in [1.54, 1.807) is 7.05 Å². The zero-order valence-electron chi connectivity index (χ0n) is 13.7. The minimum atomic E-state index is -0.631. The second kappa shape index (κ2) is 11.1. The lowest BCUT2D eigenvalue weighted by molar-refractivity contribution is -0.150. The SMILES string of the molecule is CCOC(=O)C(C)(CCCOCCOCC(C)C)NC. The highest BCUT2D eigenvalue weighted by Gasteiger charge is 2.32. The molecule has 0 saturated carbocycles. The predicted molar refractivity (Wildman–Crippen MR) is 79.8 cm³/mol. The largest absolute Gasteiger partial charge is 0.465 e. The fourth-order valence-corrected chi connectivity index (χ4v) is 1.69. The summed E-state index contributed by atoms with van der Waals surface area (Å²) in [6.45, 7) is 10.9. The number of carbonyl (C=O) groups excluding carboxylic acids is 1. The quantitative estimate of drug-likeness (QED) is 0.440. The fourth-order valence-electron chi connectivity index (χ4n) is 1.69. The molecule has 0 radical (unpaired) electrons. The molecule has 0 aromatic rings. The molecule has 0 bridgehead atoms. The minimum absolute atomic E-state index is 0.206. The molecule has 0 aliphatic carbocycles. The molecule has 5 nitrogen and oxygen atoms in total. The molecule has 1 atom stereocenters. The van der Waals surface area contributed by atoms with Gasteiger partial charge < -0.3 is 19.5 Å². The Balaban J connectivity index is 3.68. The molecule has 120 valence electrons. The van der Waals surface area contributed by atoms with Gasteiger partial charge in [0.25, 0.3) is 0 Å². The molecule has 0 aromatic carbocycles. The Kier molecular flexibility index (Phi) is 10.7. The minimum Gasteiger partial charge on any atom is -0.465 e. The molecule has 1 unspecified atom stereocenters. The lowest BCUT2D eigenvalue weighted by atomic mass is 9.96. The van der Waals surface area contributed by atoms with Crippen molar-refractivity contribution < 1.29 is 19.0 Å². The smallest absolute Gasteiger partial charge is 0.326 e. The van der Waals surface area contributed by atoms with Gasteiger partial charge in [0.1, 0.15) is 5.54 Å². The predicted octanol–water partition coefficient (Wildman–Crippen LogP) is 2.00. The molecular formula is C15H31NO4. The van der Waals surface area contributed by atoms with Gasteiger partial charge in [0.15, 0.2) is 0 Å². The molecule has 0 spiro atoms. The van der Waals surface area contributed by atoms with Crippen LogP contribution in [0.25, 0.3) is 0 Å². The number of rotatable bonds is 12. The van der Waals surface area contributed by atoms with E-state index in [0.717, 1.165) is 13.0 Å². The van der Waals surface area contributed by atoms with Crippen LogP contribution < -0.4 is 5.32 Å². The van der Waals surface area contributed by atoms with E-state index in [-0.39, 0.29) is 5.97 Å². The number of hydrogen-bond donors (Lipinski definition) is 1. The summed E-state index contributed by atoms with van der Waals surface area (Å²) < 4.78 is 16.0. The highest BCUT2D eigenvalue weighted by molar-refractivity contribution is 5.80. The van der Waals surface area contributed by atoms with E-state index in [0.29, 0.717) is 38.8 Å². The van der Waals surface area contributed by atoms with Crippen molar-refractivity contribution in [1.29, 1.82) is 0 Å². The Hall–Kier alpha value is -0.650. The summed E-state index contributed by atoms with van der Waals surface area (Å²) in [5, 5.41) is 3.03. The first-order valence-corrected chi connectivity index (χ1v) is 7.48. The Morgan fingerprint density at radius 3 is 2.40 bits per heavy atom. The van der Waals surface area contributed by atoms with Crippen LogP contribution in [0.4, 0.5) is 0 Å². The van der Waals surface area contributed by atoms with Gasteiger partial charge in [-0.15, -0.1) is 0 Å². The topological polar surface area (TPSA) is 56.8 Å². The van der Waals surface area contributed by atoms with Crippen molar-refractivity contribution in [2.75, 3.05) is 40.1 Å². The summed E-state index contributed by atoms with van der Waals surface area (Å²) in [6, 6.07) is 0. The highest BCUT2D eigenvalue weighted by Crippen LogP contribution is 2.14. The van der Waals surface area contributed by atoms with Crippen molar-refractivity contribution in [3.05, 3.63) is 0 Å². The van der Waals surface area contributed by atoms with Crippen molar-refractivity contribution in [1.82, 2.24) is 5.32 Å². The first-order valence-electron chi connectivity index (χ1n) is 7.48. The number of ether oxygens (including phenoxy) is 3. The Morgan fingerprint density at radius 2 is 1.85 bits per heavy atom. The van der Waals surface area contributed by atoms with E-state index in [4.69, 9.17) is 14.2 Å². The van der Waals surface area contributed by atoms with Gasteiger partial charge in [-0.1, -0.05) is 13.8 Å². The maximum Gasteiger partial charge on any atom is 0.326 e. The molecule has 20 heavy (non-hydrogen) atoms. The molecule has 0 fully saturated rings. The second-order valence-electron chi connectivity index (χ2n) is 5.49. The van der Waals surface area contributed by atoms with Crippen LogP contribution in [0, 0.1) is 5.92 Å². The van der Waals surface area contributed by atoms with Crippen molar-refractivity contribution in [2.24, 2.45) is 5.92 Å². The lowest BCUT2D eigenvalue weighted by Gasteiger charge is -2.26. The second-order valence-corrected chi connectivity index (χ2v) is 5.49. The number of carbonyl (C=O) groups is 1. The lowest BCUT2D eigenvalue weighted by Crippen LogP contribution is -2.48. The van der Waals surface area contributed by atoms with Crippen LogP contribution in [0.2, 0.25) is 0 Å². The summed E-state index contributed by atoms with van der Waals surface area (Å²) in [4.78, 5) is 11.8. The average molecular weight is 289 g/mol. The van der Waals surface area contributed by atoms with E-state index in [2.05, 4.69) is 19.2 Å². The third-order valence-electron chi connectivity index (χ3n) is 3.07. The van der Waals surface area contributed by atoms with Crippen LogP contribution in [0.3, 0.4) is 0 Å². The van der Waals surface area contributed by atoms with Crippen LogP contribution in [0.1, 0.15) is 40.5 Å². The number of esters is 1. The van der Waals surface area contributed by atoms with Gasteiger partial charge in [0.2, 0.25) is 0 Å². The average Bonchev–Trinajstić information content (AvgIpc) is 2.41. The third-order valence-corrected chi connectivity index (χ3v) is 3.07. The maximum absolute atomic E-state index is 11.8. The summed E-state index contributed by atoms with van der Waals surface area (Å²) in [7, 11) is 1.78. The van der Waals surface area contributed by atoms with E-state index < -0.39 is 5.54 Å². The van der Waals surface area contributed by atoms with Crippen molar-refractivity contribution in [3.8, 4) is 0 Å². The Morgan fingerprint density at radius 1 is 1.20 bits per heavy atom. The van der Waals surface area contributed by atoms with Crippen LogP contribution in [0.15, 0.2) is 0 Å². The molecule has 0 saturated heterocycles. The zero-order chi connectivity index (χ0) is 15.4. The molecule has 0 aromatic heterocycles. The van der Waals surface area contributed by atoms with Gasteiger partial charge in [-0.2, -0.15) is 0 Å². The Bertz CT molecular complexity index is 258. The Labute approximate surface area is 123 Å². The van der Waals surface area contributed by atoms with Gasteiger partial charge in [-0.05, 0) is 39.7 Å². The fraction of sp³-hybridized carbons (Fsp3) is 0.933. The van der Waals surface area contributed by atoms with E-state index in [1.807, 2.05) is 13.8 Å². The monoisotopic (exact) mass is 289 g/mol. The number of likely N-dealkylation sites (N-methyl/N-ethyl adjacent to an activating group) is 1. The summed E-state index contributed by atoms with van der Waals surface area (Å²) in [6.07, 6.45) is 1.50. The molecule has 0 amide bonds. The van der Waals surface area contributed by atoms with E-state index >= 15 is 0 Å². The maximum atomic E-state index is 11.8. The van der Waals surface area contributed by atoms with Crippen molar-refractivity contribution in [2.45, 2.75) is 46.1 Å². The molecule has 0 rings (SSSR count). The number of hydrogen-bond acceptors (Lipinski definition) is 5. The van der Waals surface area contributed by atoms with Gasteiger partial charge >= 0.3 is 5.97 Å². The van der Waals surface area contributed by atoms with Crippen LogP contribution in [-0.2, 0) is 19.0 Å². The van der Waals surface area contributed by atoms with E-state index in [9.17, 15) is 4.79 Å². The van der Waals surface area contributed by atoms with Crippen LogP contribution in [-0.4, -0.2) is 51.6 Å². The summed E-state index contributed by atoms with van der Waals surface area (Å²) >= 11 is 0. The van der Waals surface area contributed by atoms with Crippen LogP contribution in [0.5, 0.6) is 0 Å². The number of nitrogens with one attached hydrogen (secondary N) is 1. The third kappa shape index (κ3) is 8.51. The zero-order valence-corrected chi connectivity index (χ0v) is 13.7. The standard InChI is InChI=1S/C15H31NO4/c1-6-20-14(17)15(4,16-5)8-7-9-18-10-11-19-12-13(2)3/h13,16H,6-12H2,1-5H3. The molecule has 1 N–H and O–H groups in total. The molecule has 0 heterocycles. The summed E-state index contributed by atoms with van der Waals surface area (Å²) in [5.41, 5.74) is -0.631. The molecule has 0 aliphatic heterocycles. The summed E-state index contributed by atoms with van der Waals surface area (Å²) in [5.74, 6) is 0.346. The molecule has 0 aliphatic rings. The van der Waals surface area contributed by atoms with Gasteiger partial charge in [0.05, 0.1) is 19.8 Å². The van der Waals surface area contributed by atoms with Gasteiger partial charge in [-0.25, -0.2) is 0 Å². The van der Waals surface area contributed by atoms with Crippen LogP contribution >= 0.6 is 0 Å². The van der Waals surface area contributed by atoms with Crippen molar-refractivity contribution in [3.63, 3.8) is 0 Å². The highest BCUT2D eigenvalue weighted by atomic mass is 16.5. The van der Waals surface area contributed by atoms with E-state index in [1.165, 1.54) is 0 Å². The van der Waals surface area contributed by atoms with Crippen molar-refractivity contribution >= 4 is 5.97 Å². The normalized spacial score (nSPS) is 14.3. The first kappa shape index (κ1) is 19.4. The molecule has 5 heteroatoms. The van der Waals surface area contributed by atoms with Gasteiger partial charge in [-0.3, -0.25) is 4.79 Å². The first-order chi connectivity index (χ1) is 9.46.